The summed E-state index contributed by atoms with van der Waals surface area (Å²) in [5, 5.41) is 7.79. The van der Waals surface area contributed by atoms with E-state index in [-0.39, 0.29) is 24.0 Å². The number of hydrogen-bond acceptors (Lipinski definition) is 3. The van der Waals surface area contributed by atoms with Crippen molar-refractivity contribution in [2.24, 2.45) is 4.99 Å². The second-order valence-electron chi connectivity index (χ2n) is 5.64. The number of halogens is 1. The van der Waals surface area contributed by atoms with E-state index >= 15 is 0 Å². The van der Waals surface area contributed by atoms with Crippen LogP contribution in [0.5, 0.6) is 0 Å². The first-order valence-corrected chi connectivity index (χ1v) is 8.91. The summed E-state index contributed by atoms with van der Waals surface area (Å²) in [5.74, 6) is 1.28. The van der Waals surface area contributed by atoms with Gasteiger partial charge in [0.2, 0.25) is 0 Å². The molecule has 0 aliphatic heterocycles. The van der Waals surface area contributed by atoms with Crippen LogP contribution in [0, 0.1) is 13.8 Å². The highest BCUT2D eigenvalue weighted by Crippen LogP contribution is 2.17. The number of guanidine groups is 1. The average molecular weight is 458 g/mol. The van der Waals surface area contributed by atoms with Crippen molar-refractivity contribution in [3.05, 3.63) is 51.5 Å². The van der Waals surface area contributed by atoms with E-state index in [2.05, 4.69) is 65.6 Å². The van der Waals surface area contributed by atoms with E-state index in [9.17, 15) is 0 Å². The van der Waals surface area contributed by atoms with Gasteiger partial charge >= 0.3 is 0 Å². The minimum atomic E-state index is 0. The maximum Gasteiger partial charge on any atom is 0.191 e. The molecule has 1 unspecified atom stereocenters. The molecular formula is C18H27IN4S. The maximum absolute atomic E-state index is 4.65. The summed E-state index contributed by atoms with van der Waals surface area (Å²) < 4.78 is 0. The molecule has 6 heteroatoms. The van der Waals surface area contributed by atoms with Crippen molar-refractivity contribution in [1.29, 1.82) is 0 Å². The Hall–Kier alpha value is -1.15. The molecule has 0 saturated heterocycles. The summed E-state index contributed by atoms with van der Waals surface area (Å²) in [5.41, 5.74) is 2.44. The topological polar surface area (TPSA) is 49.3 Å². The minimum Gasteiger partial charge on any atom is -0.357 e. The molecular weight excluding hydrogens is 431 g/mol. The summed E-state index contributed by atoms with van der Waals surface area (Å²) in [6, 6.07) is 10.5. The molecule has 2 N–H and O–H groups in total. The van der Waals surface area contributed by atoms with Crippen LogP contribution in [0.15, 0.2) is 35.3 Å². The minimum absolute atomic E-state index is 0. The lowest BCUT2D eigenvalue weighted by molar-refractivity contribution is 0.699. The van der Waals surface area contributed by atoms with Crippen LogP contribution in [-0.2, 0) is 6.54 Å². The van der Waals surface area contributed by atoms with Crippen LogP contribution >= 0.6 is 35.3 Å². The summed E-state index contributed by atoms with van der Waals surface area (Å²) in [6.07, 6.45) is 0. The van der Waals surface area contributed by atoms with E-state index in [1.54, 1.807) is 11.3 Å². The summed E-state index contributed by atoms with van der Waals surface area (Å²) in [7, 11) is 0. The summed E-state index contributed by atoms with van der Waals surface area (Å²) >= 11 is 1.72. The zero-order valence-electron chi connectivity index (χ0n) is 14.8. The van der Waals surface area contributed by atoms with Gasteiger partial charge in [0.15, 0.2) is 5.96 Å². The number of thiazole rings is 1. The smallest absolute Gasteiger partial charge is 0.191 e. The van der Waals surface area contributed by atoms with Crippen LogP contribution < -0.4 is 10.6 Å². The SMILES string of the molecule is CCNC(=NCc1nc(C)c(C)s1)NCC(C)c1ccccc1.I. The molecule has 2 rings (SSSR count). The first-order chi connectivity index (χ1) is 11.1. The molecule has 4 nitrogen and oxygen atoms in total. The molecule has 1 atom stereocenters. The van der Waals surface area contributed by atoms with Crippen molar-refractivity contribution < 1.29 is 0 Å². The van der Waals surface area contributed by atoms with Crippen molar-refractivity contribution in [2.75, 3.05) is 13.1 Å². The van der Waals surface area contributed by atoms with Gasteiger partial charge in [-0.1, -0.05) is 37.3 Å². The average Bonchev–Trinajstić information content (AvgIpc) is 2.89. The number of aromatic nitrogens is 1. The first-order valence-electron chi connectivity index (χ1n) is 8.10. The molecule has 0 amide bonds. The third kappa shape index (κ3) is 6.39. The van der Waals surface area contributed by atoms with Gasteiger partial charge in [0.1, 0.15) is 5.01 Å². The molecule has 1 aromatic carbocycles. The monoisotopic (exact) mass is 458 g/mol. The van der Waals surface area contributed by atoms with Gasteiger partial charge in [-0.25, -0.2) is 9.98 Å². The van der Waals surface area contributed by atoms with Gasteiger partial charge in [-0.3, -0.25) is 0 Å². The van der Waals surface area contributed by atoms with Crippen molar-refractivity contribution in [3.8, 4) is 0 Å². The largest absolute Gasteiger partial charge is 0.357 e. The Bertz CT molecular complexity index is 620. The second kappa shape index (κ2) is 10.7. The highest BCUT2D eigenvalue weighted by Gasteiger charge is 2.07. The molecule has 0 aliphatic carbocycles. The van der Waals surface area contributed by atoms with Crippen LogP contribution in [0.3, 0.4) is 0 Å². The van der Waals surface area contributed by atoms with Crippen LogP contribution in [0.1, 0.15) is 40.9 Å². The number of nitrogens with zero attached hydrogens (tertiary/aromatic N) is 2. The molecule has 1 heterocycles. The number of nitrogens with one attached hydrogen (secondary N) is 2. The maximum atomic E-state index is 4.65. The molecule has 1 aromatic heterocycles. The quantitative estimate of drug-likeness (QED) is 0.387. The lowest BCUT2D eigenvalue weighted by Gasteiger charge is -2.16. The number of aryl methyl sites for hydroxylation is 2. The number of rotatable bonds is 6. The van der Waals surface area contributed by atoms with Gasteiger partial charge < -0.3 is 10.6 Å². The molecule has 0 saturated carbocycles. The fourth-order valence-electron chi connectivity index (χ4n) is 2.24. The van der Waals surface area contributed by atoms with Crippen LogP contribution in [0.25, 0.3) is 0 Å². The molecule has 24 heavy (non-hydrogen) atoms. The predicted octanol–water partition coefficient (Wildman–Crippen LogP) is 4.24. The van der Waals surface area contributed by atoms with E-state index in [1.807, 2.05) is 13.0 Å². The predicted molar refractivity (Wildman–Crippen MR) is 115 cm³/mol. The van der Waals surface area contributed by atoms with Crippen molar-refractivity contribution in [3.63, 3.8) is 0 Å². The zero-order valence-corrected chi connectivity index (χ0v) is 17.9. The Kier molecular flexibility index (Phi) is 9.28. The van der Waals surface area contributed by atoms with Gasteiger partial charge in [-0.05, 0) is 32.3 Å². The Morgan fingerprint density at radius 2 is 1.92 bits per heavy atom. The molecule has 0 aliphatic rings. The number of aliphatic imine (C=N–C) groups is 1. The van der Waals surface area contributed by atoms with E-state index in [0.29, 0.717) is 12.5 Å². The lowest BCUT2D eigenvalue weighted by atomic mass is 10.0. The fourth-order valence-corrected chi connectivity index (χ4v) is 3.10. The van der Waals surface area contributed by atoms with Crippen LogP contribution in [0.4, 0.5) is 0 Å². The normalized spacial score (nSPS) is 12.4. The van der Waals surface area contributed by atoms with Gasteiger partial charge in [0.25, 0.3) is 0 Å². The van der Waals surface area contributed by atoms with Gasteiger partial charge in [-0.15, -0.1) is 35.3 Å². The van der Waals surface area contributed by atoms with Crippen LogP contribution in [0.2, 0.25) is 0 Å². The molecule has 0 bridgehead atoms. The highest BCUT2D eigenvalue weighted by molar-refractivity contribution is 14.0. The van der Waals surface area contributed by atoms with E-state index < -0.39 is 0 Å². The van der Waals surface area contributed by atoms with Crippen molar-refractivity contribution in [1.82, 2.24) is 15.6 Å². The fraction of sp³-hybridized carbons (Fsp3) is 0.444. The first kappa shape index (κ1) is 20.9. The third-order valence-corrected chi connectivity index (χ3v) is 4.79. The Balaban J connectivity index is 0.00000288. The molecule has 0 radical (unpaired) electrons. The molecule has 0 fully saturated rings. The van der Waals surface area contributed by atoms with Crippen LogP contribution in [-0.4, -0.2) is 24.0 Å². The summed E-state index contributed by atoms with van der Waals surface area (Å²) in [4.78, 5) is 10.5. The standard InChI is InChI=1S/C18H26N4S.HI/c1-5-19-18(21-12-17-22-14(3)15(4)23-17)20-11-13(2)16-9-7-6-8-10-16;/h6-10,13H,5,11-12H2,1-4H3,(H2,19,20,21);1H. The van der Waals surface area contributed by atoms with E-state index in [1.165, 1.54) is 10.4 Å². The zero-order chi connectivity index (χ0) is 16.7. The summed E-state index contributed by atoms with van der Waals surface area (Å²) in [6.45, 7) is 10.8. The van der Waals surface area contributed by atoms with Crippen molar-refractivity contribution >= 4 is 41.3 Å². The number of hydrogen-bond donors (Lipinski definition) is 2. The van der Waals surface area contributed by atoms with Gasteiger partial charge in [-0.2, -0.15) is 0 Å². The van der Waals surface area contributed by atoms with Gasteiger partial charge in [0, 0.05) is 18.0 Å². The molecule has 2 aromatic rings. The third-order valence-electron chi connectivity index (χ3n) is 3.73. The Morgan fingerprint density at radius 1 is 1.21 bits per heavy atom. The van der Waals surface area contributed by atoms with E-state index in [0.717, 1.165) is 29.8 Å². The Labute approximate surface area is 166 Å². The van der Waals surface area contributed by atoms with E-state index in [4.69, 9.17) is 0 Å². The second-order valence-corrected chi connectivity index (χ2v) is 6.92. The number of benzene rings is 1. The lowest BCUT2D eigenvalue weighted by Crippen LogP contribution is -2.39. The van der Waals surface area contributed by atoms with Crippen molar-refractivity contribution in [2.45, 2.75) is 40.2 Å². The molecule has 132 valence electrons. The molecule has 0 spiro atoms. The van der Waals surface area contributed by atoms with Gasteiger partial charge in [0.05, 0.1) is 12.2 Å². The highest BCUT2D eigenvalue weighted by atomic mass is 127. The Morgan fingerprint density at radius 3 is 2.50 bits per heavy atom.